The summed E-state index contributed by atoms with van der Waals surface area (Å²) in [5.41, 5.74) is 2.88. The predicted molar refractivity (Wildman–Crippen MR) is 129 cm³/mol. The lowest BCUT2D eigenvalue weighted by Crippen LogP contribution is -2.21. The van der Waals surface area contributed by atoms with Crippen LogP contribution in [-0.4, -0.2) is 44.4 Å². The minimum Gasteiger partial charge on any atom is -0.361 e. The van der Waals surface area contributed by atoms with Gasteiger partial charge in [-0.15, -0.1) is 0 Å². The summed E-state index contributed by atoms with van der Waals surface area (Å²) in [7, 11) is -7.49. The van der Waals surface area contributed by atoms with E-state index < -0.39 is 25.7 Å². The van der Waals surface area contributed by atoms with Crippen molar-refractivity contribution in [3.05, 3.63) is 46.2 Å². The third-order valence-electron chi connectivity index (χ3n) is 5.27. The maximum Gasteiger partial charge on any atom is 0.310 e. The van der Waals surface area contributed by atoms with Crippen molar-refractivity contribution in [3.8, 4) is 5.88 Å². The number of sulfone groups is 1. The van der Waals surface area contributed by atoms with Crippen LogP contribution >= 0.6 is 0 Å². The number of allylic oxidation sites excluding steroid dienone is 2. The molecule has 8 nitrogen and oxygen atoms in total. The van der Waals surface area contributed by atoms with Gasteiger partial charge >= 0.3 is 10.1 Å². The van der Waals surface area contributed by atoms with Gasteiger partial charge in [-0.1, -0.05) is 19.4 Å². The van der Waals surface area contributed by atoms with E-state index in [0.29, 0.717) is 17.7 Å². The molecule has 0 bridgehead atoms. The molecule has 0 aliphatic rings. The summed E-state index contributed by atoms with van der Waals surface area (Å²) < 4.78 is 56.4. The van der Waals surface area contributed by atoms with E-state index in [4.69, 9.17) is 4.18 Å². The molecule has 0 saturated carbocycles. The Morgan fingerprint density at radius 3 is 2.18 bits per heavy atom. The Labute approximate surface area is 196 Å². The van der Waals surface area contributed by atoms with Crippen molar-refractivity contribution in [3.63, 3.8) is 0 Å². The van der Waals surface area contributed by atoms with Gasteiger partial charge in [-0.05, 0) is 69.4 Å². The number of benzene rings is 1. The van der Waals surface area contributed by atoms with Crippen LogP contribution in [0.3, 0.4) is 0 Å². The summed E-state index contributed by atoms with van der Waals surface area (Å²) in [6, 6.07) is 2.86. The van der Waals surface area contributed by atoms with Gasteiger partial charge in [0.15, 0.2) is 15.6 Å². The van der Waals surface area contributed by atoms with Crippen LogP contribution < -0.4 is 4.18 Å². The molecule has 0 aliphatic carbocycles. The second-order valence-corrected chi connectivity index (χ2v) is 12.3. The molecule has 33 heavy (non-hydrogen) atoms. The summed E-state index contributed by atoms with van der Waals surface area (Å²) in [5, 5.41) is 4.12. The lowest BCUT2D eigenvalue weighted by molar-refractivity contribution is 0.103. The second kappa shape index (κ2) is 9.80. The van der Waals surface area contributed by atoms with E-state index >= 15 is 0 Å². The smallest absolute Gasteiger partial charge is 0.310 e. The van der Waals surface area contributed by atoms with E-state index in [1.807, 2.05) is 20.8 Å². The number of hydrogen-bond acceptors (Lipinski definition) is 7. The van der Waals surface area contributed by atoms with Crippen molar-refractivity contribution in [2.24, 2.45) is 5.92 Å². The highest BCUT2D eigenvalue weighted by molar-refractivity contribution is 7.90. The summed E-state index contributed by atoms with van der Waals surface area (Å²) >= 11 is 0. The molecule has 0 spiro atoms. The van der Waals surface area contributed by atoms with Crippen LogP contribution in [0.25, 0.3) is 5.57 Å². The number of carbonyl (C=O) groups excluding carboxylic acids is 1. The largest absolute Gasteiger partial charge is 0.361 e. The number of rotatable bonds is 9. The lowest BCUT2D eigenvalue weighted by Gasteiger charge is -2.17. The number of aryl methyl sites for hydroxylation is 1. The zero-order valence-electron chi connectivity index (χ0n) is 20.4. The topological polar surface area (TPSA) is 112 Å². The van der Waals surface area contributed by atoms with E-state index in [0.717, 1.165) is 17.4 Å². The van der Waals surface area contributed by atoms with Crippen molar-refractivity contribution < 1.29 is 25.8 Å². The molecular weight excluding hydrogens is 464 g/mol. The van der Waals surface area contributed by atoms with Crippen molar-refractivity contribution >= 4 is 31.3 Å². The fourth-order valence-electron chi connectivity index (χ4n) is 3.51. The molecule has 0 unspecified atom stereocenters. The monoisotopic (exact) mass is 496 g/mol. The van der Waals surface area contributed by atoms with Gasteiger partial charge in [-0.3, -0.25) is 4.79 Å². The molecule has 182 valence electrons. The van der Waals surface area contributed by atoms with Gasteiger partial charge < -0.3 is 4.18 Å². The van der Waals surface area contributed by atoms with E-state index in [1.54, 1.807) is 27.7 Å². The third-order valence-corrected chi connectivity index (χ3v) is 7.90. The first-order valence-corrected chi connectivity index (χ1v) is 14.1. The zero-order chi connectivity index (χ0) is 25.3. The Morgan fingerprint density at radius 1 is 1.09 bits per heavy atom. The van der Waals surface area contributed by atoms with Gasteiger partial charge in [-0.2, -0.15) is 13.5 Å². The van der Waals surface area contributed by atoms with Crippen molar-refractivity contribution in [1.82, 2.24) is 9.78 Å². The molecule has 10 heteroatoms. The fourth-order valence-corrected chi connectivity index (χ4v) is 5.80. The summed E-state index contributed by atoms with van der Waals surface area (Å²) in [6.45, 7) is 12.8. The first-order valence-electron chi connectivity index (χ1n) is 10.6. The van der Waals surface area contributed by atoms with Gasteiger partial charge in [0.05, 0.1) is 16.8 Å². The van der Waals surface area contributed by atoms with Crippen LogP contribution in [-0.2, 0) is 26.5 Å². The molecule has 0 amide bonds. The van der Waals surface area contributed by atoms with Crippen LogP contribution in [0.5, 0.6) is 5.88 Å². The van der Waals surface area contributed by atoms with Gasteiger partial charge in [0.1, 0.15) is 5.56 Å². The normalized spacial score (nSPS) is 12.2. The highest BCUT2D eigenvalue weighted by Crippen LogP contribution is 2.33. The van der Waals surface area contributed by atoms with Crippen LogP contribution in [0.1, 0.15) is 68.6 Å². The first kappa shape index (κ1) is 26.8. The number of carbonyl (C=O) groups is 1. The highest BCUT2D eigenvalue weighted by atomic mass is 32.2. The number of hydrogen-bond donors (Lipinski definition) is 0. The van der Waals surface area contributed by atoms with Crippen LogP contribution in [0.2, 0.25) is 0 Å². The van der Waals surface area contributed by atoms with Crippen LogP contribution in [0.15, 0.2) is 28.8 Å². The molecule has 0 saturated heterocycles. The second-order valence-electron chi connectivity index (χ2n) is 8.72. The molecule has 1 aromatic heterocycles. The van der Waals surface area contributed by atoms with Gasteiger partial charge in [0, 0.05) is 18.4 Å². The van der Waals surface area contributed by atoms with Crippen molar-refractivity contribution in [2.75, 3.05) is 12.0 Å². The number of nitrogens with zero attached hydrogens (tertiary/aromatic N) is 2. The SMILES string of the molecule is CCn1ncc(C(=O)c2ccc(S(C)(=O)=O)c(C(C)=C(C)C)c2C)c1OS(=O)(=O)CC(C)C. The van der Waals surface area contributed by atoms with Gasteiger partial charge in [0.2, 0.25) is 5.88 Å². The van der Waals surface area contributed by atoms with E-state index in [9.17, 15) is 21.6 Å². The number of aromatic nitrogens is 2. The summed E-state index contributed by atoms with van der Waals surface area (Å²) in [6.07, 6.45) is 2.41. The maximum atomic E-state index is 13.5. The van der Waals surface area contributed by atoms with E-state index in [1.165, 1.54) is 23.0 Å². The Morgan fingerprint density at radius 2 is 1.70 bits per heavy atom. The Hall–Kier alpha value is -2.46. The molecule has 1 aromatic carbocycles. The average molecular weight is 497 g/mol. The zero-order valence-corrected chi connectivity index (χ0v) is 22.0. The molecule has 0 atom stereocenters. The quantitative estimate of drug-likeness (QED) is 0.380. The number of ketones is 1. The van der Waals surface area contributed by atoms with Crippen molar-refractivity contribution in [1.29, 1.82) is 0 Å². The highest BCUT2D eigenvalue weighted by Gasteiger charge is 2.28. The minimum absolute atomic E-state index is 0.000176. The Kier molecular flexibility index (Phi) is 7.96. The molecule has 2 rings (SSSR count). The molecule has 0 radical (unpaired) electrons. The maximum absolute atomic E-state index is 13.5. The fraction of sp³-hybridized carbons (Fsp3) is 0.478. The standard InChI is InChI=1S/C23H32N2O6S2/c1-9-25-23(31-33(29,30)13-14(2)3)19(12-24-25)22(26)18-10-11-20(32(8,27)28)21(17(18)7)16(6)15(4)5/h10-12,14H,9,13H2,1-8H3. The van der Waals surface area contributed by atoms with Gasteiger partial charge in [0.25, 0.3) is 0 Å². The van der Waals surface area contributed by atoms with Crippen LogP contribution in [0.4, 0.5) is 0 Å². The molecule has 0 fully saturated rings. The van der Waals surface area contributed by atoms with Crippen LogP contribution in [0, 0.1) is 12.8 Å². The molecule has 0 aliphatic heterocycles. The average Bonchev–Trinajstić information content (AvgIpc) is 3.06. The first-order chi connectivity index (χ1) is 15.1. The summed E-state index contributed by atoms with van der Waals surface area (Å²) in [5.74, 6) is -1.01. The Bertz CT molecular complexity index is 1310. The molecule has 2 aromatic rings. The lowest BCUT2D eigenvalue weighted by atomic mass is 9.91. The molecule has 1 heterocycles. The van der Waals surface area contributed by atoms with E-state index in [2.05, 4.69) is 5.10 Å². The predicted octanol–water partition coefficient (Wildman–Crippen LogP) is 4.02. The summed E-state index contributed by atoms with van der Waals surface area (Å²) in [4.78, 5) is 13.7. The third kappa shape index (κ3) is 5.92. The van der Waals surface area contributed by atoms with Crippen molar-refractivity contribution in [2.45, 2.75) is 59.9 Å². The van der Waals surface area contributed by atoms with E-state index in [-0.39, 0.29) is 33.6 Å². The Balaban J connectivity index is 2.72. The van der Waals surface area contributed by atoms with Gasteiger partial charge in [-0.25, -0.2) is 13.1 Å². The molecular formula is C23H32N2O6S2. The molecule has 0 N–H and O–H groups in total. The minimum atomic E-state index is -3.94.